The summed E-state index contributed by atoms with van der Waals surface area (Å²) in [6, 6.07) is 15.1. The largest absolute Gasteiger partial charge is 0.452 e. The van der Waals surface area contributed by atoms with Crippen LogP contribution in [0, 0.1) is 0 Å². The number of hydrogen-bond acceptors (Lipinski definition) is 5. The Bertz CT molecular complexity index is 754. The van der Waals surface area contributed by atoms with Gasteiger partial charge in [0.2, 0.25) is 0 Å². The van der Waals surface area contributed by atoms with Crippen LogP contribution >= 0.6 is 23.5 Å². The van der Waals surface area contributed by atoms with Gasteiger partial charge >= 0.3 is 5.97 Å². The van der Waals surface area contributed by atoms with E-state index in [1.54, 1.807) is 12.1 Å². The monoisotopic (exact) mass is 387 g/mol. The number of aryl methyl sites for hydroxylation is 1. The first kappa shape index (κ1) is 18.9. The van der Waals surface area contributed by atoms with E-state index in [0.717, 1.165) is 17.9 Å². The normalized spacial score (nSPS) is 14.2. The van der Waals surface area contributed by atoms with Gasteiger partial charge in [0.1, 0.15) is 0 Å². The highest BCUT2D eigenvalue weighted by molar-refractivity contribution is 8.19. The van der Waals surface area contributed by atoms with Gasteiger partial charge in [-0.25, -0.2) is 4.79 Å². The number of nitrogens with one attached hydrogen (secondary N) is 1. The number of ether oxygens (including phenoxy) is 1. The number of carbonyl (C=O) groups is 2. The predicted octanol–water partition coefficient (Wildman–Crippen LogP) is 4.52. The number of esters is 1. The quantitative estimate of drug-likeness (QED) is 0.739. The van der Waals surface area contributed by atoms with Crippen molar-refractivity contribution in [3.63, 3.8) is 0 Å². The molecule has 1 fully saturated rings. The summed E-state index contributed by atoms with van der Waals surface area (Å²) in [6.45, 7) is 1.77. The lowest BCUT2D eigenvalue weighted by Crippen LogP contribution is -2.20. The molecule has 1 aliphatic rings. The fourth-order valence-electron chi connectivity index (χ4n) is 2.56. The van der Waals surface area contributed by atoms with Gasteiger partial charge in [-0.3, -0.25) is 4.79 Å². The fraction of sp³-hybridized carbons (Fsp3) is 0.300. The number of benzene rings is 2. The maximum atomic E-state index is 12.1. The van der Waals surface area contributed by atoms with Crippen molar-refractivity contribution in [1.82, 2.24) is 0 Å². The van der Waals surface area contributed by atoms with E-state index in [9.17, 15) is 9.59 Å². The molecule has 0 radical (unpaired) electrons. The topological polar surface area (TPSA) is 55.4 Å². The molecule has 2 aromatic rings. The summed E-state index contributed by atoms with van der Waals surface area (Å²) in [5.41, 5.74) is 3.57. The maximum absolute atomic E-state index is 12.1. The van der Waals surface area contributed by atoms with Crippen LogP contribution in [0.3, 0.4) is 0 Å². The van der Waals surface area contributed by atoms with Crippen LogP contribution < -0.4 is 5.32 Å². The third-order valence-electron chi connectivity index (χ3n) is 4.02. The van der Waals surface area contributed by atoms with Crippen molar-refractivity contribution >= 4 is 41.1 Å². The average molecular weight is 388 g/mol. The summed E-state index contributed by atoms with van der Waals surface area (Å²) in [6.07, 6.45) is 0.947. The highest BCUT2D eigenvalue weighted by Gasteiger charge is 2.18. The Morgan fingerprint density at radius 3 is 2.31 bits per heavy atom. The Morgan fingerprint density at radius 1 is 1.04 bits per heavy atom. The molecule has 136 valence electrons. The maximum Gasteiger partial charge on any atom is 0.338 e. The van der Waals surface area contributed by atoms with Gasteiger partial charge in [-0.1, -0.05) is 31.2 Å². The molecule has 0 unspecified atom stereocenters. The lowest BCUT2D eigenvalue weighted by atomic mass is 10.1. The third-order valence-corrected chi connectivity index (χ3v) is 7.13. The highest BCUT2D eigenvalue weighted by atomic mass is 32.2. The summed E-state index contributed by atoms with van der Waals surface area (Å²) in [7, 11) is 0. The van der Waals surface area contributed by atoms with Gasteiger partial charge in [-0.2, -0.15) is 0 Å². The Kier molecular flexibility index (Phi) is 6.63. The van der Waals surface area contributed by atoms with E-state index in [4.69, 9.17) is 4.74 Å². The second-order valence-electron chi connectivity index (χ2n) is 5.87. The van der Waals surface area contributed by atoms with E-state index in [0.29, 0.717) is 15.8 Å². The first-order valence-corrected chi connectivity index (χ1v) is 10.6. The zero-order valence-electron chi connectivity index (χ0n) is 14.6. The van der Waals surface area contributed by atoms with E-state index >= 15 is 0 Å². The second kappa shape index (κ2) is 9.14. The highest BCUT2D eigenvalue weighted by Crippen LogP contribution is 2.45. The smallest absolute Gasteiger partial charge is 0.338 e. The molecule has 6 heteroatoms. The Morgan fingerprint density at radius 2 is 1.69 bits per heavy atom. The molecule has 1 amide bonds. The Hall–Kier alpha value is -1.92. The molecule has 0 spiro atoms. The van der Waals surface area contributed by atoms with E-state index < -0.39 is 5.97 Å². The molecular weight excluding hydrogens is 366 g/mol. The minimum atomic E-state index is -0.486. The van der Waals surface area contributed by atoms with Crippen LogP contribution in [0.5, 0.6) is 0 Å². The molecule has 0 bridgehead atoms. The van der Waals surface area contributed by atoms with Crippen LogP contribution in [-0.4, -0.2) is 30.0 Å². The number of hydrogen-bond donors (Lipinski definition) is 1. The molecule has 1 aliphatic heterocycles. The molecule has 0 saturated carbocycles. The Labute approximate surface area is 162 Å². The summed E-state index contributed by atoms with van der Waals surface area (Å²) >= 11 is 3.84. The average Bonchev–Trinajstić information content (AvgIpc) is 3.21. The van der Waals surface area contributed by atoms with Crippen LogP contribution in [0.2, 0.25) is 0 Å². The first-order chi connectivity index (χ1) is 12.7. The van der Waals surface area contributed by atoms with Gasteiger partial charge in [0.15, 0.2) is 6.61 Å². The minimum Gasteiger partial charge on any atom is -0.452 e. The zero-order chi connectivity index (χ0) is 18.4. The van der Waals surface area contributed by atoms with Crippen molar-refractivity contribution in [1.29, 1.82) is 0 Å². The number of carbonyl (C=O) groups excluding carboxylic acids is 2. The lowest BCUT2D eigenvalue weighted by molar-refractivity contribution is -0.119. The summed E-state index contributed by atoms with van der Waals surface area (Å²) in [5.74, 6) is 1.49. The van der Waals surface area contributed by atoms with Gasteiger partial charge in [0, 0.05) is 17.2 Å². The van der Waals surface area contributed by atoms with Crippen LogP contribution in [0.1, 0.15) is 33.0 Å². The molecule has 0 aromatic heterocycles. The van der Waals surface area contributed by atoms with Crippen LogP contribution in [0.15, 0.2) is 48.5 Å². The molecule has 4 nitrogen and oxygen atoms in total. The molecule has 1 N–H and O–H groups in total. The fourth-order valence-corrected chi connectivity index (χ4v) is 5.42. The van der Waals surface area contributed by atoms with Crippen molar-refractivity contribution in [2.24, 2.45) is 0 Å². The van der Waals surface area contributed by atoms with Crippen molar-refractivity contribution in [2.75, 3.05) is 23.4 Å². The minimum absolute atomic E-state index is 0.301. The molecular formula is C20H21NO3S2. The molecule has 0 atom stereocenters. The van der Waals surface area contributed by atoms with E-state index in [-0.39, 0.29) is 12.5 Å². The van der Waals surface area contributed by atoms with Gasteiger partial charge < -0.3 is 10.1 Å². The third kappa shape index (κ3) is 5.05. The lowest BCUT2D eigenvalue weighted by Gasteiger charge is -2.10. The molecule has 3 rings (SSSR count). The van der Waals surface area contributed by atoms with Crippen LogP contribution in [0.25, 0.3) is 0 Å². The van der Waals surface area contributed by atoms with E-state index in [2.05, 4.69) is 12.2 Å². The first-order valence-electron chi connectivity index (χ1n) is 8.55. The molecule has 2 aromatic carbocycles. The summed E-state index contributed by atoms with van der Waals surface area (Å²) in [4.78, 5) is 24.0. The van der Waals surface area contributed by atoms with Gasteiger partial charge in [-0.05, 0) is 41.8 Å². The van der Waals surface area contributed by atoms with Crippen molar-refractivity contribution in [3.05, 3.63) is 65.2 Å². The van der Waals surface area contributed by atoms with Crippen LogP contribution in [0.4, 0.5) is 5.69 Å². The second-order valence-corrected chi connectivity index (χ2v) is 8.59. The zero-order valence-corrected chi connectivity index (χ0v) is 16.2. The van der Waals surface area contributed by atoms with Crippen molar-refractivity contribution < 1.29 is 14.3 Å². The van der Waals surface area contributed by atoms with E-state index in [1.807, 2.05) is 59.9 Å². The Balaban J connectivity index is 1.48. The van der Waals surface area contributed by atoms with Gasteiger partial charge in [0.25, 0.3) is 5.91 Å². The van der Waals surface area contributed by atoms with Gasteiger partial charge in [-0.15, -0.1) is 23.5 Å². The molecule has 0 aliphatic carbocycles. The number of anilines is 1. The summed E-state index contributed by atoms with van der Waals surface area (Å²) < 4.78 is 5.56. The van der Waals surface area contributed by atoms with E-state index in [1.165, 1.54) is 11.1 Å². The SMILES string of the molecule is CCc1ccc(NC(=O)COC(=O)c2ccc(C3SCCS3)cc2)cc1. The standard InChI is InChI=1S/C20H21NO3S2/c1-2-14-3-9-17(10-4-14)21-18(22)13-24-19(23)15-5-7-16(8-6-15)20-25-11-12-26-20/h3-10,20H,2,11-13H2,1H3,(H,21,22). The van der Waals surface area contributed by atoms with Crippen molar-refractivity contribution in [2.45, 2.75) is 17.9 Å². The number of amides is 1. The number of rotatable bonds is 6. The van der Waals surface area contributed by atoms with Gasteiger partial charge in [0.05, 0.1) is 10.1 Å². The van der Waals surface area contributed by atoms with Crippen LogP contribution in [-0.2, 0) is 16.0 Å². The summed E-state index contributed by atoms with van der Waals surface area (Å²) in [5, 5.41) is 2.72. The molecule has 26 heavy (non-hydrogen) atoms. The molecule has 1 saturated heterocycles. The predicted molar refractivity (Wildman–Crippen MR) is 109 cm³/mol. The van der Waals surface area contributed by atoms with Crippen molar-refractivity contribution in [3.8, 4) is 0 Å². The number of thioether (sulfide) groups is 2. The molecule has 1 heterocycles.